The lowest BCUT2D eigenvalue weighted by atomic mass is 10.2. The molecule has 0 saturated carbocycles. The third kappa shape index (κ3) is 11.2. The zero-order chi connectivity index (χ0) is 13.3. The standard InChI is InChI=1S/C8H19N.C4H6O3/c1-6-9(7(2)3)8(4)5;1-3(5)7-4(2)6/h7-8H,6H2,1-5H3;1-2H3. The van der Waals surface area contributed by atoms with Crippen molar-refractivity contribution in [2.75, 3.05) is 6.54 Å². The molecule has 0 unspecified atom stereocenters. The van der Waals surface area contributed by atoms with Crippen molar-refractivity contribution in [2.45, 2.75) is 60.5 Å². The molecular formula is C12H25NO3. The largest absolute Gasteiger partial charge is 0.394 e. The molecule has 0 atom stereocenters. The first-order chi connectivity index (χ1) is 7.22. The predicted molar refractivity (Wildman–Crippen MR) is 65.1 cm³/mol. The summed E-state index contributed by atoms with van der Waals surface area (Å²) in [4.78, 5) is 22.1. The molecule has 0 aromatic heterocycles. The molecule has 0 spiro atoms. The van der Waals surface area contributed by atoms with Gasteiger partial charge in [0.1, 0.15) is 0 Å². The van der Waals surface area contributed by atoms with Crippen LogP contribution in [0.25, 0.3) is 0 Å². The topological polar surface area (TPSA) is 46.6 Å². The quantitative estimate of drug-likeness (QED) is 0.552. The highest BCUT2D eigenvalue weighted by molar-refractivity contribution is 5.82. The Bertz CT molecular complexity index is 192. The summed E-state index contributed by atoms with van der Waals surface area (Å²) in [5.74, 6) is -1.12. The van der Waals surface area contributed by atoms with Crippen LogP contribution in [0.4, 0.5) is 0 Å². The molecule has 0 aliphatic rings. The number of carbonyl (C=O) groups is 2. The Morgan fingerprint density at radius 2 is 1.31 bits per heavy atom. The van der Waals surface area contributed by atoms with Gasteiger partial charge in [0.15, 0.2) is 0 Å². The summed E-state index contributed by atoms with van der Waals surface area (Å²) in [6, 6.07) is 1.38. The van der Waals surface area contributed by atoms with Crippen LogP contribution < -0.4 is 0 Å². The number of hydrogen-bond acceptors (Lipinski definition) is 4. The first-order valence-corrected chi connectivity index (χ1v) is 5.67. The van der Waals surface area contributed by atoms with Gasteiger partial charge in [-0.1, -0.05) is 6.92 Å². The van der Waals surface area contributed by atoms with Gasteiger partial charge in [-0.05, 0) is 34.2 Å². The molecule has 0 fully saturated rings. The van der Waals surface area contributed by atoms with Gasteiger partial charge in [-0.2, -0.15) is 0 Å². The van der Waals surface area contributed by atoms with E-state index in [2.05, 4.69) is 44.3 Å². The average molecular weight is 231 g/mol. The van der Waals surface area contributed by atoms with Gasteiger partial charge in [0, 0.05) is 25.9 Å². The molecule has 0 aliphatic carbocycles. The molecule has 0 aromatic carbocycles. The fraction of sp³-hybridized carbons (Fsp3) is 0.833. The molecule has 16 heavy (non-hydrogen) atoms. The Kier molecular flexibility index (Phi) is 10.2. The normalized spacial score (nSPS) is 10.1. The number of esters is 2. The molecule has 0 bridgehead atoms. The number of carbonyl (C=O) groups excluding carboxylic acids is 2. The van der Waals surface area contributed by atoms with Crippen molar-refractivity contribution in [1.29, 1.82) is 0 Å². The summed E-state index contributed by atoms with van der Waals surface area (Å²) in [5, 5.41) is 0. The Morgan fingerprint density at radius 3 is 1.31 bits per heavy atom. The highest BCUT2D eigenvalue weighted by Crippen LogP contribution is 2.02. The fourth-order valence-corrected chi connectivity index (χ4v) is 1.53. The van der Waals surface area contributed by atoms with E-state index in [0.29, 0.717) is 12.1 Å². The highest BCUT2D eigenvalue weighted by atomic mass is 16.6. The summed E-state index contributed by atoms with van der Waals surface area (Å²) >= 11 is 0. The predicted octanol–water partition coefficient (Wildman–Crippen LogP) is 2.22. The van der Waals surface area contributed by atoms with Crippen LogP contribution in [-0.4, -0.2) is 35.5 Å². The minimum atomic E-state index is -0.562. The molecule has 96 valence electrons. The minimum Gasteiger partial charge on any atom is -0.394 e. The fourth-order valence-electron chi connectivity index (χ4n) is 1.53. The minimum absolute atomic E-state index is 0.562. The number of rotatable bonds is 3. The molecule has 0 rings (SSSR count). The Balaban J connectivity index is 0. The lowest BCUT2D eigenvalue weighted by molar-refractivity contribution is -0.156. The first kappa shape index (κ1) is 17.5. The van der Waals surface area contributed by atoms with Crippen molar-refractivity contribution < 1.29 is 14.3 Å². The van der Waals surface area contributed by atoms with Crippen LogP contribution in [0.5, 0.6) is 0 Å². The number of nitrogens with zero attached hydrogens (tertiary/aromatic N) is 1. The first-order valence-electron chi connectivity index (χ1n) is 5.67. The van der Waals surface area contributed by atoms with Crippen molar-refractivity contribution in [2.24, 2.45) is 0 Å². The maximum Gasteiger partial charge on any atom is 0.310 e. The number of hydrogen-bond donors (Lipinski definition) is 0. The highest BCUT2D eigenvalue weighted by Gasteiger charge is 2.08. The van der Waals surface area contributed by atoms with E-state index >= 15 is 0 Å². The summed E-state index contributed by atoms with van der Waals surface area (Å²) in [6.45, 7) is 14.7. The van der Waals surface area contributed by atoms with E-state index in [9.17, 15) is 9.59 Å². The molecule has 4 nitrogen and oxygen atoms in total. The van der Waals surface area contributed by atoms with Gasteiger partial charge in [-0.15, -0.1) is 0 Å². The van der Waals surface area contributed by atoms with Crippen LogP contribution in [0.2, 0.25) is 0 Å². The molecule has 0 N–H and O–H groups in total. The number of ether oxygens (including phenoxy) is 1. The van der Waals surface area contributed by atoms with Crippen LogP contribution in [-0.2, 0) is 14.3 Å². The Hall–Kier alpha value is -0.900. The van der Waals surface area contributed by atoms with Crippen LogP contribution in [0, 0.1) is 0 Å². The molecule has 0 aliphatic heterocycles. The lowest BCUT2D eigenvalue weighted by Crippen LogP contribution is -2.36. The maximum atomic E-state index is 9.81. The van der Waals surface area contributed by atoms with Gasteiger partial charge in [0.25, 0.3) is 0 Å². The zero-order valence-electron chi connectivity index (χ0n) is 11.5. The van der Waals surface area contributed by atoms with Gasteiger partial charge < -0.3 is 4.74 Å². The SMILES string of the molecule is CC(=O)OC(C)=O.CCN(C(C)C)C(C)C. The molecule has 4 heteroatoms. The summed E-state index contributed by atoms with van der Waals surface area (Å²) < 4.78 is 3.97. The van der Waals surface area contributed by atoms with E-state index in [0.717, 1.165) is 6.54 Å². The van der Waals surface area contributed by atoms with Gasteiger partial charge in [-0.3, -0.25) is 14.5 Å². The van der Waals surface area contributed by atoms with Crippen LogP contribution in [0.1, 0.15) is 48.5 Å². The Labute approximate surface area is 99.0 Å². The maximum absolute atomic E-state index is 9.81. The summed E-state index contributed by atoms with van der Waals surface area (Å²) in [7, 11) is 0. The second-order valence-electron chi connectivity index (χ2n) is 4.10. The molecule has 0 radical (unpaired) electrons. The van der Waals surface area contributed by atoms with Crippen LogP contribution in [0.3, 0.4) is 0 Å². The van der Waals surface area contributed by atoms with Gasteiger partial charge in [0.2, 0.25) is 0 Å². The van der Waals surface area contributed by atoms with Crippen molar-refractivity contribution in [1.82, 2.24) is 4.90 Å². The van der Waals surface area contributed by atoms with Crippen molar-refractivity contribution >= 4 is 11.9 Å². The van der Waals surface area contributed by atoms with Gasteiger partial charge >= 0.3 is 11.9 Å². The molecule has 0 amide bonds. The average Bonchev–Trinajstić information content (AvgIpc) is 2.01. The third-order valence-electron chi connectivity index (χ3n) is 1.98. The molecule has 0 heterocycles. The monoisotopic (exact) mass is 231 g/mol. The van der Waals surface area contributed by atoms with E-state index in [4.69, 9.17) is 0 Å². The second-order valence-corrected chi connectivity index (χ2v) is 4.10. The van der Waals surface area contributed by atoms with E-state index < -0.39 is 11.9 Å². The van der Waals surface area contributed by atoms with E-state index in [-0.39, 0.29) is 0 Å². The van der Waals surface area contributed by atoms with Crippen LogP contribution in [0.15, 0.2) is 0 Å². The van der Waals surface area contributed by atoms with Crippen molar-refractivity contribution in [3.63, 3.8) is 0 Å². The van der Waals surface area contributed by atoms with E-state index in [1.165, 1.54) is 13.8 Å². The van der Waals surface area contributed by atoms with Crippen LogP contribution >= 0.6 is 0 Å². The van der Waals surface area contributed by atoms with Crippen molar-refractivity contribution in [3.05, 3.63) is 0 Å². The summed E-state index contributed by atoms with van der Waals surface area (Å²) in [6.07, 6.45) is 0. The second kappa shape index (κ2) is 9.33. The van der Waals surface area contributed by atoms with Gasteiger partial charge in [0.05, 0.1) is 0 Å². The Morgan fingerprint density at radius 1 is 1.00 bits per heavy atom. The lowest BCUT2D eigenvalue weighted by Gasteiger charge is -2.28. The smallest absolute Gasteiger partial charge is 0.310 e. The van der Waals surface area contributed by atoms with Gasteiger partial charge in [-0.25, -0.2) is 0 Å². The molecule has 0 aromatic rings. The summed E-state index contributed by atoms with van der Waals surface area (Å²) in [5.41, 5.74) is 0. The molecular weight excluding hydrogens is 206 g/mol. The third-order valence-corrected chi connectivity index (χ3v) is 1.98. The molecule has 0 saturated heterocycles. The zero-order valence-corrected chi connectivity index (χ0v) is 11.5. The van der Waals surface area contributed by atoms with E-state index in [1.54, 1.807) is 0 Å². The van der Waals surface area contributed by atoms with Crippen molar-refractivity contribution in [3.8, 4) is 0 Å². The van der Waals surface area contributed by atoms with E-state index in [1.807, 2.05) is 0 Å².